The lowest BCUT2D eigenvalue weighted by molar-refractivity contribution is -0.111. The zero-order valence-corrected chi connectivity index (χ0v) is 26.6. The molecule has 0 bridgehead atoms. The van der Waals surface area contributed by atoms with E-state index in [2.05, 4.69) is 73.6 Å². The first-order valence-electron chi connectivity index (χ1n) is 14.8. The van der Waals surface area contributed by atoms with E-state index in [1.54, 1.807) is 0 Å². The molecule has 208 valence electrons. The van der Waals surface area contributed by atoms with Gasteiger partial charge in [-0.15, -0.1) is 0 Å². The van der Waals surface area contributed by atoms with Crippen molar-refractivity contribution < 1.29 is 13.6 Å². The van der Waals surface area contributed by atoms with Crippen molar-refractivity contribution >= 4 is 27.0 Å². The first-order valence-corrected chi connectivity index (χ1v) is 17.4. The molecule has 5 heteroatoms. The summed E-state index contributed by atoms with van der Waals surface area (Å²) in [6.07, 6.45) is 11.3. The van der Waals surface area contributed by atoms with Gasteiger partial charge in [0.05, 0.1) is 4.87 Å². The Morgan fingerprint density at radius 2 is 1.58 bits per heavy atom. The van der Waals surface area contributed by atoms with Gasteiger partial charge in [0.1, 0.15) is 11.5 Å². The van der Waals surface area contributed by atoms with Crippen molar-refractivity contribution in [1.29, 1.82) is 0 Å². The zero-order valence-electron chi connectivity index (χ0n) is 24.7. The number of rotatable bonds is 17. The Kier molecular flexibility index (Phi) is 16.3. The first kappa shape index (κ1) is 33.2. The summed E-state index contributed by atoms with van der Waals surface area (Å²) in [6, 6.07) is 7.74. The number of benzene rings is 1. The third-order valence-electron chi connectivity index (χ3n) is 7.12. The molecule has 0 aliphatic heterocycles. The molecule has 0 radical (unpaired) electrons. The molecule has 0 saturated heterocycles. The lowest BCUT2D eigenvalue weighted by Crippen LogP contribution is -2.54. The molecule has 3 nitrogen and oxygen atoms in total. The van der Waals surface area contributed by atoms with Crippen LogP contribution in [0.2, 0.25) is 6.04 Å². The summed E-state index contributed by atoms with van der Waals surface area (Å²) in [4.78, 5) is 10.7. The van der Waals surface area contributed by atoms with Gasteiger partial charge in [-0.1, -0.05) is 106 Å². The van der Waals surface area contributed by atoms with Crippen molar-refractivity contribution in [3.63, 3.8) is 0 Å². The molecule has 1 aliphatic carbocycles. The van der Waals surface area contributed by atoms with Gasteiger partial charge in [0.25, 0.3) is 0 Å². The number of Topliss-reactive ketones (excluding diaryl/α,β-unsaturated/α-hetero) is 1. The number of thiol groups is 1. The van der Waals surface area contributed by atoms with E-state index in [4.69, 9.17) is 21.5 Å². The first-order chi connectivity index (χ1) is 17.1. The van der Waals surface area contributed by atoms with Crippen LogP contribution in [0.4, 0.5) is 0 Å². The second-order valence-corrected chi connectivity index (χ2v) is 15.5. The van der Waals surface area contributed by atoms with Crippen LogP contribution in [0, 0.1) is 5.92 Å². The number of carbonyl (C=O) groups excluding carboxylic acids is 1. The SMILES string of the molecule is CCCCCC1CC1=O.CCCCO[Si](CCCC)(Oc1ccc(C(C)C)cc1C(C)C)C(S)CC. The summed E-state index contributed by atoms with van der Waals surface area (Å²) in [5, 5.41) is 0. The largest absolute Gasteiger partial charge is 0.519 e. The molecule has 1 aliphatic rings. The summed E-state index contributed by atoms with van der Waals surface area (Å²) in [7, 11) is -2.46. The smallest absolute Gasteiger partial charge is 0.412 e. The van der Waals surface area contributed by atoms with E-state index < -0.39 is 8.56 Å². The van der Waals surface area contributed by atoms with E-state index in [0.717, 1.165) is 63.3 Å². The van der Waals surface area contributed by atoms with Crippen LogP contribution < -0.4 is 4.43 Å². The summed E-state index contributed by atoms with van der Waals surface area (Å²) < 4.78 is 13.5. The molecule has 0 aromatic heterocycles. The molecule has 1 aromatic rings. The van der Waals surface area contributed by atoms with Crippen molar-refractivity contribution in [2.75, 3.05) is 6.61 Å². The minimum Gasteiger partial charge on any atom is -0.519 e. The van der Waals surface area contributed by atoms with Crippen LogP contribution in [0.3, 0.4) is 0 Å². The molecular formula is C31H56O3SSi. The van der Waals surface area contributed by atoms with E-state index in [1.807, 2.05) is 0 Å². The summed E-state index contributed by atoms with van der Waals surface area (Å²) in [5.41, 5.74) is 2.67. The van der Waals surface area contributed by atoms with Crippen molar-refractivity contribution in [2.45, 2.75) is 142 Å². The standard InChI is InChI=1S/C23H42O2SSi.C8H14O/c1-8-11-15-24-27(16-12-9-2,23(26)10-3)25-22-14-13-20(18(4)5)17-21(22)19(6)7;1-2-3-4-5-7-6-8(7)9/h13-14,17-19,23,26H,8-12,15-16H2,1-7H3;7H,2-6H2,1H3. The molecule has 0 spiro atoms. The van der Waals surface area contributed by atoms with Crippen LogP contribution in [0.5, 0.6) is 5.75 Å². The summed E-state index contributed by atoms with van der Waals surface area (Å²) in [5.74, 6) is 2.93. The Labute approximate surface area is 230 Å². The fourth-order valence-corrected chi connectivity index (χ4v) is 8.60. The molecule has 2 rings (SSSR count). The van der Waals surface area contributed by atoms with E-state index in [-0.39, 0.29) is 4.87 Å². The fourth-order valence-electron chi connectivity index (χ4n) is 4.35. The maximum absolute atomic E-state index is 10.5. The number of hydrogen-bond donors (Lipinski definition) is 1. The minimum absolute atomic E-state index is 0.186. The lowest BCUT2D eigenvalue weighted by atomic mass is 9.95. The third-order valence-corrected chi connectivity index (χ3v) is 12.4. The molecule has 36 heavy (non-hydrogen) atoms. The van der Waals surface area contributed by atoms with E-state index in [0.29, 0.717) is 23.5 Å². The van der Waals surface area contributed by atoms with Crippen molar-refractivity contribution in [1.82, 2.24) is 0 Å². The van der Waals surface area contributed by atoms with Gasteiger partial charge in [-0.05, 0) is 48.3 Å². The van der Waals surface area contributed by atoms with Crippen LogP contribution in [0.25, 0.3) is 0 Å². The molecule has 1 saturated carbocycles. The second-order valence-electron chi connectivity index (χ2n) is 11.1. The Bertz CT molecular complexity index is 751. The normalized spacial score (nSPS) is 17.5. The highest BCUT2D eigenvalue weighted by atomic mass is 32.1. The maximum Gasteiger partial charge on any atom is 0.412 e. The van der Waals surface area contributed by atoms with Crippen LogP contribution in [0.15, 0.2) is 18.2 Å². The van der Waals surface area contributed by atoms with Crippen molar-refractivity contribution in [3.8, 4) is 5.75 Å². The number of unbranched alkanes of at least 4 members (excludes halogenated alkanes) is 4. The van der Waals surface area contributed by atoms with Gasteiger partial charge < -0.3 is 8.85 Å². The molecule has 0 heterocycles. The molecule has 3 unspecified atom stereocenters. The Hall–Kier alpha value is -0.783. The van der Waals surface area contributed by atoms with Crippen LogP contribution in [0.1, 0.15) is 143 Å². The number of carbonyl (C=O) groups is 1. The van der Waals surface area contributed by atoms with Crippen LogP contribution in [-0.2, 0) is 9.22 Å². The van der Waals surface area contributed by atoms with Gasteiger partial charge in [0.15, 0.2) is 0 Å². The number of hydrogen-bond acceptors (Lipinski definition) is 4. The van der Waals surface area contributed by atoms with Gasteiger partial charge in [-0.25, -0.2) is 0 Å². The molecule has 1 aromatic carbocycles. The molecule has 3 atom stereocenters. The Morgan fingerprint density at radius 3 is 2.08 bits per heavy atom. The highest BCUT2D eigenvalue weighted by Gasteiger charge is 2.45. The Morgan fingerprint density at radius 1 is 0.944 bits per heavy atom. The van der Waals surface area contributed by atoms with Gasteiger partial charge in [0, 0.05) is 25.0 Å². The zero-order chi connectivity index (χ0) is 27.1. The van der Waals surface area contributed by atoms with Crippen LogP contribution >= 0.6 is 12.6 Å². The van der Waals surface area contributed by atoms with Crippen molar-refractivity contribution in [3.05, 3.63) is 29.3 Å². The van der Waals surface area contributed by atoms with E-state index >= 15 is 0 Å². The van der Waals surface area contributed by atoms with Gasteiger partial charge in [-0.3, -0.25) is 4.79 Å². The average Bonchev–Trinajstić information content (AvgIpc) is 3.57. The fraction of sp³-hybridized carbons (Fsp3) is 0.774. The highest BCUT2D eigenvalue weighted by Crippen LogP contribution is 2.36. The molecular weight excluding hydrogens is 480 g/mol. The highest BCUT2D eigenvalue weighted by molar-refractivity contribution is 7.83. The monoisotopic (exact) mass is 536 g/mol. The van der Waals surface area contributed by atoms with Gasteiger partial charge >= 0.3 is 8.56 Å². The average molecular weight is 537 g/mol. The van der Waals surface area contributed by atoms with E-state index in [9.17, 15) is 4.79 Å². The van der Waals surface area contributed by atoms with E-state index in [1.165, 1.54) is 30.4 Å². The molecule has 0 amide bonds. The topological polar surface area (TPSA) is 35.5 Å². The lowest BCUT2D eigenvalue weighted by Gasteiger charge is -2.36. The quantitative estimate of drug-likeness (QED) is 0.122. The predicted octanol–water partition coefficient (Wildman–Crippen LogP) is 9.77. The predicted molar refractivity (Wildman–Crippen MR) is 162 cm³/mol. The summed E-state index contributed by atoms with van der Waals surface area (Å²) in [6.45, 7) is 18.6. The van der Waals surface area contributed by atoms with Crippen LogP contribution in [-0.4, -0.2) is 25.8 Å². The number of ketones is 1. The molecule has 0 N–H and O–H groups in total. The second kappa shape index (κ2) is 17.7. The summed E-state index contributed by atoms with van der Waals surface area (Å²) >= 11 is 4.97. The third kappa shape index (κ3) is 11.3. The van der Waals surface area contributed by atoms with Gasteiger partial charge in [-0.2, -0.15) is 12.6 Å². The molecule has 1 fully saturated rings. The minimum atomic E-state index is -2.46. The van der Waals surface area contributed by atoms with Gasteiger partial charge in [0.2, 0.25) is 0 Å². The Balaban J connectivity index is 0.000000600. The van der Waals surface area contributed by atoms with Crippen molar-refractivity contribution in [2.24, 2.45) is 5.92 Å². The maximum atomic E-state index is 10.5.